The molecule has 0 heterocycles. The first-order valence-electron chi connectivity index (χ1n) is 8.45. The Balaban J connectivity index is 2.28. The predicted octanol–water partition coefficient (Wildman–Crippen LogP) is 5.33. The number of carbonyl (C=O) groups is 1. The lowest BCUT2D eigenvalue weighted by atomic mass is 9.60. The van der Waals surface area contributed by atoms with E-state index in [9.17, 15) is 4.79 Å². The van der Waals surface area contributed by atoms with Crippen LogP contribution in [0.4, 0.5) is 0 Å². The minimum absolute atomic E-state index is 0.0460. The smallest absolute Gasteiger partial charge is 0.323 e. The first-order chi connectivity index (χ1) is 12.0. The first kappa shape index (κ1) is 17.6. The highest BCUT2D eigenvalue weighted by Crippen LogP contribution is 2.50. The van der Waals surface area contributed by atoms with E-state index in [2.05, 4.69) is 41.5 Å². The van der Waals surface area contributed by atoms with Crippen LogP contribution in [0.5, 0.6) is 0 Å². The molecule has 1 aliphatic carbocycles. The van der Waals surface area contributed by atoms with Gasteiger partial charge in [0.15, 0.2) is 0 Å². The van der Waals surface area contributed by atoms with Crippen LogP contribution in [0.3, 0.4) is 0 Å². The van der Waals surface area contributed by atoms with E-state index in [0.29, 0.717) is 0 Å². The van der Waals surface area contributed by atoms with E-state index in [0.717, 1.165) is 16.7 Å². The molecule has 0 N–H and O–H groups in total. The van der Waals surface area contributed by atoms with Crippen LogP contribution in [0.15, 0.2) is 77.9 Å². The molecule has 3 heteroatoms. The summed E-state index contributed by atoms with van der Waals surface area (Å²) in [5.74, 6) is -0.291. The summed E-state index contributed by atoms with van der Waals surface area (Å²) >= 11 is 0. The molecule has 128 valence electrons. The van der Waals surface area contributed by atoms with Gasteiger partial charge in [-0.3, -0.25) is 4.79 Å². The molecular weight excluding hydrogens is 327 g/mol. The molecule has 2 nitrogen and oxygen atoms in total. The van der Waals surface area contributed by atoms with Crippen LogP contribution in [0, 0.1) is 5.92 Å². The van der Waals surface area contributed by atoms with Gasteiger partial charge in [0.25, 0.3) is 0 Å². The van der Waals surface area contributed by atoms with Crippen molar-refractivity contribution >= 4 is 21.0 Å². The maximum Gasteiger partial charge on any atom is 0.323 e. The van der Waals surface area contributed by atoms with Crippen molar-refractivity contribution in [1.29, 1.82) is 0 Å². The standard InChI is InChI=1S/C22H23O2P/c1-15-14-16(2)22(21(23)24-25,19-12-8-5-9-13-19)17(3)20(15)18-10-6-4-7-11-18/h4-14,17H,25H2,1-3H3. The Kier molecular flexibility index (Phi) is 4.92. The van der Waals surface area contributed by atoms with E-state index >= 15 is 0 Å². The van der Waals surface area contributed by atoms with Gasteiger partial charge in [0, 0.05) is 5.92 Å². The number of benzene rings is 2. The number of carbonyl (C=O) groups excluding carboxylic acids is 1. The zero-order valence-electron chi connectivity index (χ0n) is 14.8. The lowest BCUT2D eigenvalue weighted by Gasteiger charge is -2.42. The molecule has 0 bridgehead atoms. The van der Waals surface area contributed by atoms with E-state index in [1.807, 2.05) is 55.5 Å². The lowest BCUT2D eigenvalue weighted by molar-refractivity contribution is -0.139. The molecule has 2 aromatic carbocycles. The Morgan fingerprint density at radius 2 is 1.56 bits per heavy atom. The van der Waals surface area contributed by atoms with Crippen LogP contribution in [-0.2, 0) is 14.7 Å². The van der Waals surface area contributed by atoms with Crippen molar-refractivity contribution in [3.05, 3.63) is 89.0 Å². The van der Waals surface area contributed by atoms with Gasteiger partial charge in [-0.2, -0.15) is 0 Å². The van der Waals surface area contributed by atoms with Gasteiger partial charge in [-0.15, -0.1) is 0 Å². The molecular formula is C22H23O2P. The van der Waals surface area contributed by atoms with Gasteiger partial charge < -0.3 is 4.52 Å². The highest BCUT2D eigenvalue weighted by atomic mass is 31.0. The van der Waals surface area contributed by atoms with Crippen molar-refractivity contribution in [3.8, 4) is 0 Å². The Morgan fingerprint density at radius 1 is 1.00 bits per heavy atom. The number of allylic oxidation sites excluding steroid dienone is 3. The Bertz CT molecular complexity index is 837. The molecule has 3 atom stereocenters. The van der Waals surface area contributed by atoms with Gasteiger partial charge in [-0.25, -0.2) is 0 Å². The highest BCUT2D eigenvalue weighted by Gasteiger charge is 2.51. The maximum atomic E-state index is 13.1. The van der Waals surface area contributed by atoms with Crippen LogP contribution in [-0.4, -0.2) is 5.97 Å². The van der Waals surface area contributed by atoms with Crippen molar-refractivity contribution in [2.45, 2.75) is 26.2 Å². The summed E-state index contributed by atoms with van der Waals surface area (Å²) < 4.78 is 5.22. The average Bonchev–Trinajstić information content (AvgIpc) is 2.63. The fraction of sp³-hybridized carbons (Fsp3) is 0.227. The molecule has 0 aromatic heterocycles. The van der Waals surface area contributed by atoms with Crippen LogP contribution >= 0.6 is 9.47 Å². The van der Waals surface area contributed by atoms with Gasteiger partial charge >= 0.3 is 5.97 Å². The molecule has 0 saturated carbocycles. The summed E-state index contributed by atoms with van der Waals surface area (Å²) in [5.41, 5.74) is 4.67. The van der Waals surface area contributed by atoms with Crippen LogP contribution in [0.2, 0.25) is 0 Å². The minimum Gasteiger partial charge on any atom is -0.451 e. The predicted molar refractivity (Wildman–Crippen MR) is 106 cm³/mol. The molecule has 0 spiro atoms. The van der Waals surface area contributed by atoms with Crippen molar-refractivity contribution in [3.63, 3.8) is 0 Å². The minimum atomic E-state index is -0.826. The third-order valence-corrected chi connectivity index (χ3v) is 5.52. The second-order valence-corrected chi connectivity index (χ2v) is 6.83. The SMILES string of the molecule is CC1=CC(C)=C(c2ccccc2)C(C)C1(C(=O)OP)c1ccccc1. The number of hydrogen-bond donors (Lipinski definition) is 0. The Labute approximate surface area is 151 Å². The second kappa shape index (κ2) is 6.98. The molecule has 0 radical (unpaired) electrons. The van der Waals surface area contributed by atoms with Crippen LogP contribution in [0.1, 0.15) is 31.9 Å². The summed E-state index contributed by atoms with van der Waals surface area (Å²) in [7, 11) is 2.12. The van der Waals surface area contributed by atoms with E-state index in [1.165, 1.54) is 11.1 Å². The lowest BCUT2D eigenvalue weighted by Crippen LogP contribution is -2.45. The van der Waals surface area contributed by atoms with E-state index in [-0.39, 0.29) is 11.9 Å². The van der Waals surface area contributed by atoms with Crippen LogP contribution in [0.25, 0.3) is 5.57 Å². The monoisotopic (exact) mass is 350 g/mol. The molecule has 2 aromatic rings. The normalized spacial score (nSPS) is 23.2. The number of hydrogen-bond acceptors (Lipinski definition) is 2. The zero-order chi connectivity index (χ0) is 18.0. The summed E-state index contributed by atoms with van der Waals surface area (Å²) in [6.07, 6.45) is 2.12. The largest absolute Gasteiger partial charge is 0.451 e. The van der Waals surface area contributed by atoms with E-state index < -0.39 is 5.41 Å². The average molecular weight is 350 g/mol. The van der Waals surface area contributed by atoms with Crippen molar-refractivity contribution in [2.24, 2.45) is 5.92 Å². The van der Waals surface area contributed by atoms with Crippen molar-refractivity contribution in [2.75, 3.05) is 0 Å². The molecule has 0 aliphatic heterocycles. The fourth-order valence-electron chi connectivity index (χ4n) is 4.24. The van der Waals surface area contributed by atoms with E-state index in [4.69, 9.17) is 4.52 Å². The molecule has 0 amide bonds. The second-order valence-electron chi connectivity index (χ2n) is 6.59. The highest BCUT2D eigenvalue weighted by molar-refractivity contribution is 7.10. The van der Waals surface area contributed by atoms with Crippen molar-refractivity contribution < 1.29 is 9.32 Å². The van der Waals surface area contributed by atoms with Gasteiger partial charge in [-0.1, -0.05) is 79.2 Å². The topological polar surface area (TPSA) is 26.3 Å². The molecule has 3 unspecified atom stereocenters. The van der Waals surface area contributed by atoms with Crippen molar-refractivity contribution in [1.82, 2.24) is 0 Å². The Morgan fingerprint density at radius 3 is 2.12 bits per heavy atom. The summed E-state index contributed by atoms with van der Waals surface area (Å²) in [6.45, 7) is 6.26. The quantitative estimate of drug-likeness (QED) is 0.700. The Hall–Kier alpha value is -2.18. The molecule has 1 aliphatic rings. The third-order valence-electron chi connectivity index (χ3n) is 5.31. The molecule has 3 rings (SSSR count). The van der Waals surface area contributed by atoms with Gasteiger partial charge in [0.05, 0.1) is 9.47 Å². The summed E-state index contributed by atoms with van der Waals surface area (Å²) in [4.78, 5) is 13.1. The summed E-state index contributed by atoms with van der Waals surface area (Å²) in [6, 6.07) is 20.2. The van der Waals surface area contributed by atoms with Gasteiger partial charge in [0.2, 0.25) is 0 Å². The first-order valence-corrected chi connectivity index (χ1v) is 8.92. The third kappa shape index (κ3) is 2.75. The van der Waals surface area contributed by atoms with Crippen LogP contribution < -0.4 is 0 Å². The molecule has 0 saturated heterocycles. The van der Waals surface area contributed by atoms with Gasteiger partial charge in [-0.05, 0) is 36.1 Å². The zero-order valence-corrected chi connectivity index (χ0v) is 16.0. The molecule has 0 fully saturated rings. The molecule has 25 heavy (non-hydrogen) atoms. The van der Waals surface area contributed by atoms with E-state index in [1.54, 1.807) is 0 Å². The maximum absolute atomic E-state index is 13.1. The van der Waals surface area contributed by atoms with Gasteiger partial charge in [0.1, 0.15) is 5.41 Å². The summed E-state index contributed by atoms with van der Waals surface area (Å²) in [5, 5.41) is 0. The fourth-order valence-corrected chi connectivity index (χ4v) is 4.42. The number of rotatable bonds is 3.